The largest absolute Gasteiger partial charge is 0.396 e. The maximum absolute atomic E-state index is 13.4. The Labute approximate surface area is 96.5 Å². The molecule has 2 nitrogen and oxygen atoms in total. The summed E-state index contributed by atoms with van der Waals surface area (Å²) in [5.74, 6) is 0.255. The van der Waals surface area contributed by atoms with E-state index in [0.29, 0.717) is 18.0 Å². The molecule has 0 saturated carbocycles. The Morgan fingerprint density at radius 2 is 2.19 bits per heavy atom. The van der Waals surface area contributed by atoms with Gasteiger partial charge in [0.1, 0.15) is 5.82 Å². The van der Waals surface area contributed by atoms with Crippen molar-refractivity contribution < 1.29 is 9.50 Å². The van der Waals surface area contributed by atoms with Crippen LogP contribution in [0.15, 0.2) is 18.2 Å². The molecular formula is C13H20FNO. The third-order valence-corrected chi connectivity index (χ3v) is 2.63. The summed E-state index contributed by atoms with van der Waals surface area (Å²) in [6.07, 6.45) is 0.781. The van der Waals surface area contributed by atoms with Crippen LogP contribution in [-0.4, -0.2) is 18.3 Å². The van der Waals surface area contributed by atoms with Crippen LogP contribution in [-0.2, 0) is 6.54 Å². The van der Waals surface area contributed by atoms with E-state index in [1.54, 1.807) is 6.07 Å². The van der Waals surface area contributed by atoms with E-state index in [1.165, 1.54) is 6.07 Å². The minimum atomic E-state index is -0.159. The lowest BCUT2D eigenvalue weighted by molar-refractivity contribution is 0.260. The highest BCUT2D eigenvalue weighted by molar-refractivity contribution is 5.23. The molecule has 2 N–H and O–H groups in total. The lowest BCUT2D eigenvalue weighted by Crippen LogP contribution is -2.22. The molecule has 0 aliphatic rings. The summed E-state index contributed by atoms with van der Waals surface area (Å²) in [4.78, 5) is 0. The SMILES string of the molecule is Cc1ccc(F)c(CNCC(C)CCO)c1. The number of aliphatic hydroxyl groups excluding tert-OH is 1. The molecule has 0 fully saturated rings. The van der Waals surface area contributed by atoms with Gasteiger partial charge in [-0.05, 0) is 31.9 Å². The molecule has 0 aromatic heterocycles. The normalized spacial score (nSPS) is 12.8. The van der Waals surface area contributed by atoms with Crippen molar-refractivity contribution in [2.45, 2.75) is 26.8 Å². The van der Waals surface area contributed by atoms with Gasteiger partial charge in [-0.2, -0.15) is 0 Å². The van der Waals surface area contributed by atoms with E-state index in [2.05, 4.69) is 12.2 Å². The van der Waals surface area contributed by atoms with Gasteiger partial charge in [0.15, 0.2) is 0 Å². The minimum absolute atomic E-state index is 0.159. The fourth-order valence-corrected chi connectivity index (χ4v) is 1.61. The van der Waals surface area contributed by atoms with Gasteiger partial charge in [0.2, 0.25) is 0 Å². The molecular weight excluding hydrogens is 205 g/mol. The van der Waals surface area contributed by atoms with Crippen LogP contribution in [0.5, 0.6) is 0 Å². The second kappa shape index (κ2) is 6.61. The lowest BCUT2D eigenvalue weighted by Gasteiger charge is -2.11. The summed E-state index contributed by atoms with van der Waals surface area (Å²) in [6.45, 7) is 5.58. The van der Waals surface area contributed by atoms with Crippen molar-refractivity contribution in [1.82, 2.24) is 5.32 Å². The summed E-state index contributed by atoms with van der Waals surface area (Å²) in [7, 11) is 0. The quantitative estimate of drug-likeness (QED) is 0.778. The van der Waals surface area contributed by atoms with Crippen LogP contribution in [0.4, 0.5) is 4.39 Å². The Kier molecular flexibility index (Phi) is 5.43. The third-order valence-electron chi connectivity index (χ3n) is 2.63. The predicted molar refractivity (Wildman–Crippen MR) is 63.7 cm³/mol. The van der Waals surface area contributed by atoms with E-state index in [1.807, 2.05) is 13.0 Å². The number of halogens is 1. The highest BCUT2D eigenvalue weighted by Gasteiger charge is 2.04. The van der Waals surface area contributed by atoms with Gasteiger partial charge >= 0.3 is 0 Å². The highest BCUT2D eigenvalue weighted by atomic mass is 19.1. The second-order valence-corrected chi connectivity index (χ2v) is 4.34. The molecule has 0 saturated heterocycles. The highest BCUT2D eigenvalue weighted by Crippen LogP contribution is 2.09. The third kappa shape index (κ3) is 4.29. The second-order valence-electron chi connectivity index (χ2n) is 4.34. The van der Waals surface area contributed by atoms with E-state index in [-0.39, 0.29) is 12.4 Å². The predicted octanol–water partition coefficient (Wildman–Crippen LogP) is 2.24. The van der Waals surface area contributed by atoms with Crippen LogP contribution in [0, 0.1) is 18.7 Å². The molecule has 16 heavy (non-hydrogen) atoms. The van der Waals surface area contributed by atoms with Gasteiger partial charge in [-0.25, -0.2) is 4.39 Å². The average Bonchev–Trinajstić information content (AvgIpc) is 2.23. The van der Waals surface area contributed by atoms with Crippen molar-refractivity contribution in [2.24, 2.45) is 5.92 Å². The molecule has 0 amide bonds. The number of nitrogens with one attached hydrogen (secondary N) is 1. The zero-order chi connectivity index (χ0) is 12.0. The van der Waals surface area contributed by atoms with Gasteiger partial charge < -0.3 is 10.4 Å². The van der Waals surface area contributed by atoms with Crippen molar-refractivity contribution in [3.8, 4) is 0 Å². The average molecular weight is 225 g/mol. The topological polar surface area (TPSA) is 32.3 Å². The maximum Gasteiger partial charge on any atom is 0.127 e. The van der Waals surface area contributed by atoms with Crippen LogP contribution < -0.4 is 5.32 Å². The molecule has 0 bridgehead atoms. The summed E-state index contributed by atoms with van der Waals surface area (Å²) in [6, 6.07) is 5.13. The Hall–Kier alpha value is -0.930. The molecule has 1 atom stereocenters. The standard InChI is InChI=1S/C13H20FNO/c1-10-3-4-13(14)12(7-10)9-15-8-11(2)5-6-16/h3-4,7,11,15-16H,5-6,8-9H2,1-2H3. The first-order valence-corrected chi connectivity index (χ1v) is 5.70. The first-order valence-electron chi connectivity index (χ1n) is 5.70. The van der Waals surface area contributed by atoms with Crippen LogP contribution >= 0.6 is 0 Å². The fraction of sp³-hybridized carbons (Fsp3) is 0.538. The van der Waals surface area contributed by atoms with Gasteiger partial charge in [0, 0.05) is 18.7 Å². The van der Waals surface area contributed by atoms with Gasteiger partial charge in [-0.1, -0.05) is 24.6 Å². The molecule has 1 aromatic carbocycles. The number of rotatable bonds is 6. The van der Waals surface area contributed by atoms with Crippen molar-refractivity contribution in [2.75, 3.05) is 13.2 Å². The molecule has 0 heterocycles. The molecule has 0 spiro atoms. The first kappa shape index (κ1) is 13.1. The fourth-order valence-electron chi connectivity index (χ4n) is 1.61. The Morgan fingerprint density at radius 3 is 2.88 bits per heavy atom. The number of aliphatic hydroxyl groups is 1. The molecule has 3 heteroatoms. The molecule has 1 aromatic rings. The van der Waals surface area contributed by atoms with Crippen molar-refractivity contribution in [3.63, 3.8) is 0 Å². The Morgan fingerprint density at radius 1 is 1.44 bits per heavy atom. The van der Waals surface area contributed by atoms with Gasteiger partial charge in [-0.15, -0.1) is 0 Å². The zero-order valence-electron chi connectivity index (χ0n) is 9.96. The number of aryl methyl sites for hydroxylation is 1. The summed E-state index contributed by atoms with van der Waals surface area (Å²) < 4.78 is 13.4. The Balaban J connectivity index is 2.39. The monoisotopic (exact) mass is 225 g/mol. The van der Waals surface area contributed by atoms with Crippen LogP contribution in [0.2, 0.25) is 0 Å². The van der Waals surface area contributed by atoms with Gasteiger partial charge in [0.05, 0.1) is 0 Å². The van der Waals surface area contributed by atoms with E-state index in [0.717, 1.165) is 18.5 Å². The summed E-state index contributed by atoms with van der Waals surface area (Å²) in [5, 5.41) is 11.9. The number of hydrogen-bond acceptors (Lipinski definition) is 2. The Bertz CT molecular complexity index is 328. The molecule has 1 rings (SSSR count). The summed E-state index contributed by atoms with van der Waals surface area (Å²) in [5.41, 5.74) is 1.78. The lowest BCUT2D eigenvalue weighted by atomic mass is 10.1. The molecule has 0 aliphatic carbocycles. The van der Waals surface area contributed by atoms with Crippen LogP contribution in [0.25, 0.3) is 0 Å². The molecule has 0 aliphatic heterocycles. The van der Waals surface area contributed by atoms with E-state index in [9.17, 15) is 4.39 Å². The molecule has 90 valence electrons. The molecule has 0 radical (unpaired) electrons. The maximum atomic E-state index is 13.4. The zero-order valence-corrected chi connectivity index (χ0v) is 9.96. The smallest absolute Gasteiger partial charge is 0.127 e. The van der Waals surface area contributed by atoms with Crippen LogP contribution in [0.1, 0.15) is 24.5 Å². The summed E-state index contributed by atoms with van der Waals surface area (Å²) >= 11 is 0. The first-order chi connectivity index (χ1) is 7.63. The minimum Gasteiger partial charge on any atom is -0.396 e. The number of hydrogen-bond donors (Lipinski definition) is 2. The van der Waals surface area contributed by atoms with Crippen molar-refractivity contribution >= 4 is 0 Å². The molecule has 1 unspecified atom stereocenters. The van der Waals surface area contributed by atoms with Gasteiger partial charge in [0.25, 0.3) is 0 Å². The van der Waals surface area contributed by atoms with E-state index >= 15 is 0 Å². The number of benzene rings is 1. The van der Waals surface area contributed by atoms with Gasteiger partial charge in [-0.3, -0.25) is 0 Å². The van der Waals surface area contributed by atoms with Crippen LogP contribution in [0.3, 0.4) is 0 Å². The van der Waals surface area contributed by atoms with E-state index < -0.39 is 0 Å². The van der Waals surface area contributed by atoms with Crippen molar-refractivity contribution in [1.29, 1.82) is 0 Å². The van der Waals surface area contributed by atoms with E-state index in [4.69, 9.17) is 5.11 Å². The van der Waals surface area contributed by atoms with Crippen molar-refractivity contribution in [3.05, 3.63) is 35.1 Å².